The Hall–Kier alpha value is -2.68. The summed E-state index contributed by atoms with van der Waals surface area (Å²) in [6, 6.07) is 5.88. The first-order valence-corrected chi connectivity index (χ1v) is 15.7. The zero-order valence-corrected chi connectivity index (χ0v) is 24.4. The van der Waals surface area contributed by atoms with Crippen molar-refractivity contribution < 1.29 is 44.2 Å². The molecule has 0 aliphatic heterocycles. The first kappa shape index (κ1) is 31.5. The summed E-state index contributed by atoms with van der Waals surface area (Å²) in [7, 11) is -3.39. The third kappa shape index (κ3) is 8.68. The number of hydrogen-bond acceptors (Lipinski definition) is 12. The van der Waals surface area contributed by atoms with Crippen molar-refractivity contribution in [1.29, 1.82) is 5.41 Å². The molecule has 1 aromatic heterocycles. The van der Waals surface area contributed by atoms with E-state index < -0.39 is 38.5 Å². The Labute approximate surface area is 227 Å². The van der Waals surface area contributed by atoms with Crippen LogP contribution in [0.4, 0.5) is 0 Å². The lowest BCUT2D eigenvalue weighted by atomic mass is 9.95. The molecule has 212 valence electrons. The van der Waals surface area contributed by atoms with E-state index in [1.165, 1.54) is 45.6 Å². The summed E-state index contributed by atoms with van der Waals surface area (Å²) in [6.45, 7) is 2.97. The second-order valence-corrected chi connectivity index (χ2v) is 12.7. The number of carbonyl (C=O) groups excluding carboxylic acids is 1. The molecule has 38 heavy (non-hydrogen) atoms. The minimum absolute atomic E-state index is 0.0682. The topological polar surface area (TPSA) is 155 Å². The van der Waals surface area contributed by atoms with Crippen LogP contribution in [0, 0.1) is 5.41 Å². The standard InChI is InChI=1S/C24H33NO10S3/c1-6-10-37(27,28)34-15-17(22-8-9-23(36-22)35-38(29,30)11-7-2)18(25)14-19(26)16-12-20(31-3)24(33-5)21(13-16)32-4/h8-9,12-13,17,25H,6-7,10-11,14-15H2,1-5H3. The maximum Gasteiger partial charge on any atom is 0.309 e. The van der Waals surface area contributed by atoms with E-state index in [2.05, 4.69) is 0 Å². The Kier molecular flexibility index (Phi) is 11.6. The van der Waals surface area contributed by atoms with Crippen LogP contribution in [-0.2, 0) is 24.4 Å². The zero-order valence-electron chi connectivity index (χ0n) is 21.9. The van der Waals surface area contributed by atoms with Gasteiger partial charge in [-0.15, -0.1) is 11.3 Å². The van der Waals surface area contributed by atoms with Crippen molar-refractivity contribution in [1.82, 2.24) is 0 Å². The maximum atomic E-state index is 13.1. The van der Waals surface area contributed by atoms with E-state index in [1.807, 2.05) is 0 Å². The summed E-state index contributed by atoms with van der Waals surface area (Å²) in [5.74, 6) is -0.926. The largest absolute Gasteiger partial charge is 0.493 e. The molecule has 0 spiro atoms. The second-order valence-electron chi connectivity index (χ2n) is 8.14. The minimum atomic E-state index is -3.85. The van der Waals surface area contributed by atoms with Gasteiger partial charge in [-0.05, 0) is 37.1 Å². The summed E-state index contributed by atoms with van der Waals surface area (Å²) in [5.41, 5.74) is 0.0728. The number of ketones is 1. The Bertz CT molecular complexity index is 1310. The molecule has 2 aromatic rings. The quantitative estimate of drug-likeness (QED) is 0.162. The molecule has 0 aliphatic rings. The molecule has 0 bridgehead atoms. The van der Waals surface area contributed by atoms with E-state index in [-0.39, 0.29) is 45.8 Å². The third-order valence-corrected chi connectivity index (χ3v) is 9.16. The molecule has 0 fully saturated rings. The van der Waals surface area contributed by atoms with Crippen molar-refractivity contribution in [3.8, 4) is 22.3 Å². The van der Waals surface area contributed by atoms with Gasteiger partial charge in [0.1, 0.15) is 0 Å². The number of benzene rings is 1. The van der Waals surface area contributed by atoms with E-state index >= 15 is 0 Å². The van der Waals surface area contributed by atoms with Crippen molar-refractivity contribution in [2.45, 2.75) is 39.0 Å². The molecule has 1 atom stereocenters. The summed E-state index contributed by atoms with van der Waals surface area (Å²) in [5, 5.41) is 8.74. The van der Waals surface area contributed by atoms with Crippen LogP contribution < -0.4 is 18.4 Å². The second kappa shape index (κ2) is 13.9. The van der Waals surface area contributed by atoms with Gasteiger partial charge in [0, 0.05) is 22.6 Å². The fourth-order valence-corrected chi connectivity index (χ4v) is 6.61. The molecule has 0 aliphatic carbocycles. The Morgan fingerprint density at radius 2 is 1.50 bits per heavy atom. The molecule has 11 nitrogen and oxygen atoms in total. The van der Waals surface area contributed by atoms with Crippen LogP contribution in [0.5, 0.6) is 22.3 Å². The zero-order chi connectivity index (χ0) is 28.5. The normalized spacial score (nSPS) is 12.6. The highest BCUT2D eigenvalue weighted by Crippen LogP contribution is 2.39. The summed E-state index contributed by atoms with van der Waals surface area (Å²) in [6.07, 6.45) is 0.346. The van der Waals surface area contributed by atoms with Gasteiger partial charge in [0.05, 0.1) is 45.4 Å². The van der Waals surface area contributed by atoms with Crippen molar-refractivity contribution in [3.05, 3.63) is 34.7 Å². The van der Waals surface area contributed by atoms with Gasteiger partial charge in [-0.2, -0.15) is 16.8 Å². The fraction of sp³-hybridized carbons (Fsp3) is 0.500. The number of nitrogens with one attached hydrogen (secondary N) is 1. The van der Waals surface area contributed by atoms with Crippen LogP contribution >= 0.6 is 11.3 Å². The molecular weight excluding hydrogens is 558 g/mol. The smallest absolute Gasteiger partial charge is 0.309 e. The van der Waals surface area contributed by atoms with E-state index in [1.54, 1.807) is 13.8 Å². The van der Waals surface area contributed by atoms with E-state index in [0.717, 1.165) is 11.3 Å². The van der Waals surface area contributed by atoms with Crippen LogP contribution in [0.1, 0.15) is 54.3 Å². The molecule has 14 heteroatoms. The number of ether oxygens (including phenoxy) is 3. The summed E-state index contributed by atoms with van der Waals surface area (Å²) < 4.78 is 74.6. The number of carbonyl (C=O) groups is 1. The van der Waals surface area contributed by atoms with Crippen LogP contribution in [-0.4, -0.2) is 67.8 Å². The van der Waals surface area contributed by atoms with E-state index in [9.17, 15) is 21.6 Å². The average Bonchev–Trinajstić information content (AvgIpc) is 3.29. The van der Waals surface area contributed by atoms with Crippen LogP contribution in [0.2, 0.25) is 0 Å². The predicted octanol–water partition coefficient (Wildman–Crippen LogP) is 4.03. The van der Waals surface area contributed by atoms with Crippen molar-refractivity contribution in [2.24, 2.45) is 0 Å². The predicted molar refractivity (Wildman–Crippen MR) is 145 cm³/mol. The van der Waals surface area contributed by atoms with E-state index in [0.29, 0.717) is 23.5 Å². The monoisotopic (exact) mass is 591 g/mol. The van der Waals surface area contributed by atoms with Crippen molar-refractivity contribution >= 4 is 43.1 Å². The average molecular weight is 592 g/mol. The fourth-order valence-electron chi connectivity index (χ4n) is 3.46. The van der Waals surface area contributed by atoms with Gasteiger partial charge in [-0.25, -0.2) is 0 Å². The molecule has 0 saturated heterocycles. The van der Waals surface area contributed by atoms with Crippen LogP contribution in [0.15, 0.2) is 24.3 Å². The highest BCUT2D eigenvalue weighted by Gasteiger charge is 2.27. The third-order valence-electron chi connectivity index (χ3n) is 5.24. The Balaban J connectivity index is 2.35. The van der Waals surface area contributed by atoms with Gasteiger partial charge in [-0.1, -0.05) is 13.8 Å². The lowest BCUT2D eigenvalue weighted by molar-refractivity contribution is 0.0998. The van der Waals surface area contributed by atoms with Crippen LogP contribution in [0.3, 0.4) is 0 Å². The number of hydrogen-bond donors (Lipinski definition) is 1. The van der Waals surface area contributed by atoms with E-state index in [4.69, 9.17) is 28.0 Å². The van der Waals surface area contributed by atoms with Gasteiger partial charge in [0.2, 0.25) is 5.75 Å². The lowest BCUT2D eigenvalue weighted by Crippen LogP contribution is -2.23. The molecule has 1 aromatic carbocycles. The minimum Gasteiger partial charge on any atom is -0.493 e. The molecule has 0 amide bonds. The molecule has 0 radical (unpaired) electrons. The van der Waals surface area contributed by atoms with Gasteiger partial charge in [-0.3, -0.25) is 8.98 Å². The number of rotatable bonds is 17. The first-order valence-electron chi connectivity index (χ1n) is 11.7. The van der Waals surface area contributed by atoms with Crippen molar-refractivity contribution in [3.63, 3.8) is 0 Å². The molecule has 1 N–H and O–H groups in total. The lowest BCUT2D eigenvalue weighted by Gasteiger charge is -2.17. The summed E-state index contributed by atoms with van der Waals surface area (Å²) >= 11 is 0.941. The molecule has 2 rings (SSSR count). The molecule has 1 heterocycles. The van der Waals surface area contributed by atoms with Gasteiger partial charge >= 0.3 is 10.1 Å². The highest BCUT2D eigenvalue weighted by molar-refractivity contribution is 7.87. The Morgan fingerprint density at radius 1 is 0.921 bits per heavy atom. The highest BCUT2D eigenvalue weighted by atomic mass is 32.2. The SMILES string of the molecule is CCCS(=O)(=O)OCC(C(=N)CC(=O)c1cc(OC)c(OC)c(OC)c1)c1ccc(OS(=O)(=O)CCC)s1. The van der Waals surface area contributed by atoms with Crippen molar-refractivity contribution in [2.75, 3.05) is 39.4 Å². The molecule has 0 saturated carbocycles. The number of methoxy groups -OCH3 is 3. The van der Waals surface area contributed by atoms with Gasteiger partial charge in [0.25, 0.3) is 10.1 Å². The maximum absolute atomic E-state index is 13.1. The number of thiophene rings is 1. The Morgan fingerprint density at radius 3 is 2.03 bits per heavy atom. The molecule has 1 unspecified atom stereocenters. The summed E-state index contributed by atoms with van der Waals surface area (Å²) in [4.78, 5) is 13.6. The van der Waals surface area contributed by atoms with Gasteiger partial charge in [0.15, 0.2) is 22.3 Å². The first-order chi connectivity index (χ1) is 17.9. The number of Topliss-reactive ketones (excluding diaryl/α,β-unsaturated/α-hetero) is 1. The van der Waals surface area contributed by atoms with Gasteiger partial charge < -0.3 is 23.8 Å². The van der Waals surface area contributed by atoms with Crippen LogP contribution in [0.25, 0.3) is 0 Å². The molecular formula is C24H33NO10S3.